The Bertz CT molecular complexity index is 343. The van der Waals surface area contributed by atoms with E-state index in [1.807, 2.05) is 0 Å². The van der Waals surface area contributed by atoms with Crippen LogP contribution >= 0.6 is 0 Å². The van der Waals surface area contributed by atoms with Crippen molar-refractivity contribution in [2.45, 2.75) is 6.10 Å². The number of halogens is 1. The zero-order valence-electron chi connectivity index (χ0n) is 7.98. The maximum atomic E-state index is 12.7. The molecular formula is C10H12FNO3. The molecule has 1 amide bonds. The van der Waals surface area contributed by atoms with E-state index in [1.165, 1.54) is 18.2 Å². The second kappa shape index (κ2) is 5.43. The zero-order valence-corrected chi connectivity index (χ0v) is 7.98. The van der Waals surface area contributed by atoms with Crippen molar-refractivity contribution in [3.05, 3.63) is 35.6 Å². The predicted octanol–water partition coefficient (Wildman–Crippen LogP) is -0.0913. The highest BCUT2D eigenvalue weighted by Gasteiger charge is 2.08. The number of benzene rings is 1. The molecule has 0 aromatic heterocycles. The van der Waals surface area contributed by atoms with E-state index in [1.54, 1.807) is 0 Å². The number of hydrogen-bond acceptors (Lipinski definition) is 3. The van der Waals surface area contributed by atoms with Crippen LogP contribution in [0.3, 0.4) is 0 Å². The van der Waals surface area contributed by atoms with E-state index < -0.39 is 24.4 Å². The minimum Gasteiger partial charge on any atom is -0.394 e. The van der Waals surface area contributed by atoms with Gasteiger partial charge in [-0.05, 0) is 18.2 Å². The van der Waals surface area contributed by atoms with Gasteiger partial charge in [0.05, 0.1) is 12.7 Å². The first-order valence-electron chi connectivity index (χ1n) is 4.46. The van der Waals surface area contributed by atoms with Gasteiger partial charge in [-0.25, -0.2) is 4.39 Å². The fourth-order valence-corrected chi connectivity index (χ4v) is 1.01. The summed E-state index contributed by atoms with van der Waals surface area (Å²) >= 11 is 0. The van der Waals surface area contributed by atoms with Gasteiger partial charge in [0.2, 0.25) is 0 Å². The Morgan fingerprint density at radius 2 is 2.27 bits per heavy atom. The van der Waals surface area contributed by atoms with Crippen molar-refractivity contribution in [3.63, 3.8) is 0 Å². The Kier molecular flexibility index (Phi) is 4.20. The number of amides is 1. The second-order valence-electron chi connectivity index (χ2n) is 3.06. The molecule has 1 rings (SSSR count). The van der Waals surface area contributed by atoms with Gasteiger partial charge >= 0.3 is 0 Å². The van der Waals surface area contributed by atoms with Gasteiger partial charge in [-0.3, -0.25) is 4.79 Å². The normalized spacial score (nSPS) is 12.2. The third-order valence-corrected chi connectivity index (χ3v) is 1.80. The van der Waals surface area contributed by atoms with Crippen LogP contribution in [0.25, 0.3) is 0 Å². The molecule has 0 bridgehead atoms. The molecule has 0 aliphatic rings. The minimum absolute atomic E-state index is 0.0636. The monoisotopic (exact) mass is 213 g/mol. The van der Waals surface area contributed by atoms with E-state index in [0.29, 0.717) is 0 Å². The van der Waals surface area contributed by atoms with Crippen molar-refractivity contribution in [2.75, 3.05) is 13.2 Å². The largest absolute Gasteiger partial charge is 0.394 e. The molecule has 0 spiro atoms. The van der Waals surface area contributed by atoms with Crippen LogP contribution in [0.1, 0.15) is 10.4 Å². The summed E-state index contributed by atoms with van der Waals surface area (Å²) < 4.78 is 12.7. The lowest BCUT2D eigenvalue weighted by atomic mass is 10.2. The SMILES string of the molecule is O=C(NC[C@@H](O)CO)c1cccc(F)c1. The fraction of sp³-hybridized carbons (Fsp3) is 0.300. The van der Waals surface area contributed by atoms with Crippen molar-refractivity contribution >= 4 is 5.91 Å². The number of aliphatic hydroxyl groups is 2. The Hall–Kier alpha value is -1.46. The molecule has 1 aromatic carbocycles. The molecule has 1 atom stereocenters. The summed E-state index contributed by atoms with van der Waals surface area (Å²) in [5, 5.41) is 19.8. The number of hydrogen-bond donors (Lipinski definition) is 3. The van der Waals surface area contributed by atoms with E-state index in [-0.39, 0.29) is 12.1 Å². The quantitative estimate of drug-likeness (QED) is 0.654. The lowest BCUT2D eigenvalue weighted by Gasteiger charge is -2.08. The molecule has 4 nitrogen and oxygen atoms in total. The van der Waals surface area contributed by atoms with Crippen LogP contribution in [0.4, 0.5) is 4.39 Å². The average molecular weight is 213 g/mol. The third kappa shape index (κ3) is 3.65. The summed E-state index contributed by atoms with van der Waals surface area (Å²) in [6.45, 7) is -0.491. The number of carbonyl (C=O) groups is 1. The van der Waals surface area contributed by atoms with Crippen LogP contribution in [-0.2, 0) is 0 Å². The van der Waals surface area contributed by atoms with E-state index in [9.17, 15) is 9.18 Å². The molecule has 0 saturated carbocycles. The molecule has 3 N–H and O–H groups in total. The Labute approximate surface area is 86.4 Å². The van der Waals surface area contributed by atoms with Crippen LogP contribution in [-0.4, -0.2) is 35.4 Å². The van der Waals surface area contributed by atoms with Gasteiger partial charge in [-0.15, -0.1) is 0 Å². The van der Waals surface area contributed by atoms with Gasteiger partial charge in [-0.2, -0.15) is 0 Å². The molecule has 82 valence electrons. The standard InChI is InChI=1S/C10H12FNO3/c11-8-3-1-2-7(4-8)10(15)12-5-9(14)6-13/h1-4,9,13-14H,5-6H2,(H,12,15)/t9-/m1/s1. The Balaban J connectivity index is 2.54. The van der Waals surface area contributed by atoms with Crippen molar-refractivity contribution in [1.82, 2.24) is 5.32 Å². The van der Waals surface area contributed by atoms with Gasteiger partial charge in [0.1, 0.15) is 5.82 Å². The molecule has 0 aliphatic heterocycles. The molecule has 5 heteroatoms. The molecule has 0 fully saturated rings. The van der Waals surface area contributed by atoms with Crippen molar-refractivity contribution < 1.29 is 19.4 Å². The smallest absolute Gasteiger partial charge is 0.251 e. The number of aliphatic hydroxyl groups excluding tert-OH is 2. The van der Waals surface area contributed by atoms with Crippen molar-refractivity contribution in [1.29, 1.82) is 0 Å². The van der Waals surface area contributed by atoms with Gasteiger partial charge in [0, 0.05) is 12.1 Å². The molecule has 15 heavy (non-hydrogen) atoms. The summed E-state index contributed by atoms with van der Waals surface area (Å²) in [6, 6.07) is 5.22. The summed E-state index contributed by atoms with van der Waals surface area (Å²) in [4.78, 5) is 11.3. The van der Waals surface area contributed by atoms with Gasteiger partial charge < -0.3 is 15.5 Å². The highest BCUT2D eigenvalue weighted by atomic mass is 19.1. The third-order valence-electron chi connectivity index (χ3n) is 1.80. The van der Waals surface area contributed by atoms with Crippen molar-refractivity contribution in [2.24, 2.45) is 0 Å². The van der Waals surface area contributed by atoms with Gasteiger partial charge in [0.25, 0.3) is 5.91 Å². The first-order valence-corrected chi connectivity index (χ1v) is 4.46. The highest BCUT2D eigenvalue weighted by Crippen LogP contribution is 2.02. The van der Waals surface area contributed by atoms with Crippen molar-refractivity contribution in [3.8, 4) is 0 Å². The Morgan fingerprint density at radius 1 is 1.53 bits per heavy atom. The molecule has 0 heterocycles. The van der Waals surface area contributed by atoms with Crippen LogP contribution in [0.15, 0.2) is 24.3 Å². The summed E-state index contributed by atoms with van der Waals surface area (Å²) in [7, 11) is 0. The summed E-state index contributed by atoms with van der Waals surface area (Å²) in [5.41, 5.74) is 0.181. The minimum atomic E-state index is -0.998. The molecular weight excluding hydrogens is 201 g/mol. The second-order valence-corrected chi connectivity index (χ2v) is 3.06. The number of nitrogens with one attached hydrogen (secondary N) is 1. The average Bonchev–Trinajstić information content (AvgIpc) is 2.25. The predicted molar refractivity (Wildman–Crippen MR) is 51.8 cm³/mol. The van der Waals surface area contributed by atoms with E-state index >= 15 is 0 Å². The van der Waals surface area contributed by atoms with Crippen LogP contribution in [0.2, 0.25) is 0 Å². The highest BCUT2D eigenvalue weighted by molar-refractivity contribution is 5.94. The summed E-state index contributed by atoms with van der Waals surface area (Å²) in [6.07, 6.45) is -0.998. The topological polar surface area (TPSA) is 69.6 Å². The fourth-order valence-electron chi connectivity index (χ4n) is 1.01. The number of carbonyl (C=O) groups excluding carboxylic acids is 1. The maximum absolute atomic E-state index is 12.7. The molecule has 1 aromatic rings. The van der Waals surface area contributed by atoms with Crippen LogP contribution < -0.4 is 5.32 Å². The number of rotatable bonds is 4. The van der Waals surface area contributed by atoms with Crippen LogP contribution in [0, 0.1) is 5.82 Å². The maximum Gasteiger partial charge on any atom is 0.251 e. The van der Waals surface area contributed by atoms with Gasteiger partial charge in [0.15, 0.2) is 0 Å². The van der Waals surface area contributed by atoms with Gasteiger partial charge in [-0.1, -0.05) is 6.07 Å². The Morgan fingerprint density at radius 3 is 2.87 bits per heavy atom. The summed E-state index contributed by atoms with van der Waals surface area (Å²) in [5.74, 6) is -0.979. The lowest BCUT2D eigenvalue weighted by molar-refractivity contribution is 0.0801. The van der Waals surface area contributed by atoms with E-state index in [4.69, 9.17) is 10.2 Å². The molecule has 0 radical (unpaired) electrons. The van der Waals surface area contributed by atoms with E-state index in [2.05, 4.69) is 5.32 Å². The van der Waals surface area contributed by atoms with E-state index in [0.717, 1.165) is 6.07 Å². The molecule has 0 aliphatic carbocycles. The van der Waals surface area contributed by atoms with Crippen LogP contribution in [0.5, 0.6) is 0 Å². The molecule has 0 saturated heterocycles. The zero-order chi connectivity index (χ0) is 11.3. The first-order chi connectivity index (χ1) is 7.13. The first kappa shape index (κ1) is 11.6. The molecule has 0 unspecified atom stereocenters. The lowest BCUT2D eigenvalue weighted by Crippen LogP contribution is -2.33.